The van der Waals surface area contributed by atoms with Gasteiger partial charge in [0.25, 0.3) is 0 Å². The van der Waals surface area contributed by atoms with Crippen molar-refractivity contribution in [3.8, 4) is 11.8 Å². The van der Waals surface area contributed by atoms with Gasteiger partial charge < -0.3 is 19.7 Å². The van der Waals surface area contributed by atoms with Crippen LogP contribution >= 0.6 is 0 Å². The SMILES string of the molecule is CCOc1ccc([C@H](COC)NC(=O)N2CCN(C)[C@@H](C#N)C2)cc1. The zero-order chi connectivity index (χ0) is 18.2. The molecule has 136 valence electrons. The summed E-state index contributed by atoms with van der Waals surface area (Å²) < 4.78 is 10.7. The first-order valence-corrected chi connectivity index (χ1v) is 8.46. The second-order valence-electron chi connectivity index (χ2n) is 6.03. The van der Waals surface area contributed by atoms with Gasteiger partial charge in [-0.2, -0.15) is 5.26 Å². The number of benzene rings is 1. The summed E-state index contributed by atoms with van der Waals surface area (Å²) in [5, 5.41) is 12.2. The molecule has 1 aliphatic rings. The Morgan fingerprint density at radius 2 is 2.12 bits per heavy atom. The molecule has 7 heteroatoms. The van der Waals surface area contributed by atoms with Crippen LogP contribution in [-0.2, 0) is 4.74 Å². The molecule has 0 bridgehead atoms. The summed E-state index contributed by atoms with van der Waals surface area (Å²) in [6.07, 6.45) is 0. The smallest absolute Gasteiger partial charge is 0.318 e. The monoisotopic (exact) mass is 346 g/mol. The van der Waals surface area contributed by atoms with Crippen LogP contribution in [0.1, 0.15) is 18.5 Å². The predicted octanol–water partition coefficient (Wildman–Crippen LogP) is 1.62. The summed E-state index contributed by atoms with van der Waals surface area (Å²) in [5.74, 6) is 0.796. The summed E-state index contributed by atoms with van der Waals surface area (Å²) in [6.45, 7) is 4.61. The van der Waals surface area contributed by atoms with Gasteiger partial charge in [-0.3, -0.25) is 4.90 Å². The van der Waals surface area contributed by atoms with Gasteiger partial charge in [0.1, 0.15) is 11.8 Å². The maximum Gasteiger partial charge on any atom is 0.318 e. The number of nitriles is 1. The Hall–Kier alpha value is -2.30. The molecule has 1 aromatic carbocycles. The minimum Gasteiger partial charge on any atom is -0.494 e. The van der Waals surface area contributed by atoms with Crippen molar-refractivity contribution in [2.75, 3.05) is 47.0 Å². The number of piperazine rings is 1. The fourth-order valence-corrected chi connectivity index (χ4v) is 2.79. The second-order valence-corrected chi connectivity index (χ2v) is 6.03. The largest absolute Gasteiger partial charge is 0.494 e. The molecule has 1 N–H and O–H groups in total. The van der Waals surface area contributed by atoms with E-state index in [9.17, 15) is 10.1 Å². The molecule has 0 saturated carbocycles. The molecule has 1 aliphatic heterocycles. The molecule has 0 spiro atoms. The van der Waals surface area contributed by atoms with Gasteiger partial charge in [-0.25, -0.2) is 4.79 Å². The predicted molar refractivity (Wildman–Crippen MR) is 94.4 cm³/mol. The first kappa shape index (κ1) is 19.0. The number of carbonyl (C=O) groups excluding carboxylic acids is 1. The highest BCUT2D eigenvalue weighted by Crippen LogP contribution is 2.19. The third-order valence-corrected chi connectivity index (χ3v) is 4.31. The first-order valence-electron chi connectivity index (χ1n) is 8.46. The zero-order valence-corrected chi connectivity index (χ0v) is 15.1. The molecule has 7 nitrogen and oxygen atoms in total. The van der Waals surface area contributed by atoms with Crippen molar-refractivity contribution >= 4 is 6.03 Å². The summed E-state index contributed by atoms with van der Waals surface area (Å²) in [6, 6.07) is 9.15. The lowest BCUT2D eigenvalue weighted by Gasteiger charge is -2.36. The van der Waals surface area contributed by atoms with Crippen LogP contribution in [0.25, 0.3) is 0 Å². The minimum absolute atomic E-state index is 0.177. The zero-order valence-electron chi connectivity index (χ0n) is 15.1. The van der Waals surface area contributed by atoms with Gasteiger partial charge in [-0.15, -0.1) is 0 Å². The first-order chi connectivity index (χ1) is 12.1. The summed E-state index contributed by atoms with van der Waals surface area (Å²) in [4.78, 5) is 16.2. The van der Waals surface area contributed by atoms with Crippen LogP contribution in [0.2, 0.25) is 0 Å². The number of methoxy groups -OCH3 is 1. The van der Waals surface area contributed by atoms with Gasteiger partial charge in [-0.05, 0) is 31.7 Å². The van der Waals surface area contributed by atoms with E-state index in [0.717, 1.165) is 11.3 Å². The number of nitrogens with zero attached hydrogens (tertiary/aromatic N) is 3. The van der Waals surface area contributed by atoms with E-state index in [1.165, 1.54) is 0 Å². The van der Waals surface area contributed by atoms with E-state index in [1.807, 2.05) is 43.1 Å². The van der Waals surface area contributed by atoms with Crippen molar-refractivity contribution in [3.05, 3.63) is 29.8 Å². The van der Waals surface area contributed by atoms with Crippen LogP contribution in [0.15, 0.2) is 24.3 Å². The van der Waals surface area contributed by atoms with Gasteiger partial charge in [0.05, 0.1) is 31.9 Å². The molecule has 1 saturated heterocycles. The lowest BCUT2D eigenvalue weighted by molar-refractivity contribution is 0.121. The number of hydrogen-bond donors (Lipinski definition) is 1. The summed E-state index contributed by atoms with van der Waals surface area (Å²) >= 11 is 0. The molecule has 0 aromatic heterocycles. The number of amides is 2. The number of urea groups is 1. The molecular formula is C18H26N4O3. The quantitative estimate of drug-likeness (QED) is 0.847. The van der Waals surface area contributed by atoms with E-state index >= 15 is 0 Å². The van der Waals surface area contributed by atoms with Crippen LogP contribution in [0.3, 0.4) is 0 Å². The van der Waals surface area contributed by atoms with E-state index in [2.05, 4.69) is 11.4 Å². The highest BCUT2D eigenvalue weighted by atomic mass is 16.5. The van der Waals surface area contributed by atoms with Gasteiger partial charge >= 0.3 is 6.03 Å². The number of nitrogens with one attached hydrogen (secondary N) is 1. The summed E-state index contributed by atoms with van der Waals surface area (Å²) in [7, 11) is 3.51. The molecule has 0 aliphatic carbocycles. The van der Waals surface area contributed by atoms with E-state index in [4.69, 9.17) is 9.47 Å². The van der Waals surface area contributed by atoms with Crippen molar-refractivity contribution < 1.29 is 14.3 Å². The highest BCUT2D eigenvalue weighted by Gasteiger charge is 2.28. The van der Waals surface area contributed by atoms with Crippen molar-refractivity contribution in [1.29, 1.82) is 5.26 Å². The van der Waals surface area contributed by atoms with Crippen LogP contribution in [0.5, 0.6) is 5.75 Å². The van der Waals surface area contributed by atoms with Gasteiger partial charge in [0.2, 0.25) is 0 Å². The Morgan fingerprint density at radius 1 is 1.40 bits per heavy atom. The van der Waals surface area contributed by atoms with E-state index in [-0.39, 0.29) is 18.1 Å². The molecular weight excluding hydrogens is 320 g/mol. The van der Waals surface area contributed by atoms with Crippen molar-refractivity contribution in [3.63, 3.8) is 0 Å². The van der Waals surface area contributed by atoms with E-state index in [0.29, 0.717) is 32.8 Å². The van der Waals surface area contributed by atoms with Crippen molar-refractivity contribution in [2.24, 2.45) is 0 Å². The molecule has 1 fully saturated rings. The maximum atomic E-state index is 12.6. The number of rotatable bonds is 6. The maximum absolute atomic E-state index is 12.6. The second kappa shape index (κ2) is 9.25. The van der Waals surface area contributed by atoms with Crippen LogP contribution in [0.4, 0.5) is 4.79 Å². The molecule has 2 rings (SSSR count). The third-order valence-electron chi connectivity index (χ3n) is 4.31. The standard InChI is InChI=1S/C18H26N4O3/c1-4-25-16-7-5-14(6-8-16)17(13-24-3)20-18(23)22-10-9-21(2)15(11-19)12-22/h5-8,15,17H,4,9-10,12-13H2,1-3H3,(H,20,23)/t15-,17-/m0/s1. The molecule has 1 heterocycles. The summed E-state index contributed by atoms with van der Waals surface area (Å²) in [5.41, 5.74) is 0.949. The lowest BCUT2D eigenvalue weighted by atomic mass is 10.1. The molecule has 0 radical (unpaired) electrons. The number of ether oxygens (including phenoxy) is 2. The van der Waals surface area contributed by atoms with Crippen LogP contribution in [-0.4, -0.2) is 68.9 Å². The number of carbonyl (C=O) groups is 1. The fourth-order valence-electron chi connectivity index (χ4n) is 2.79. The van der Waals surface area contributed by atoms with E-state index in [1.54, 1.807) is 12.0 Å². The number of likely N-dealkylation sites (N-methyl/N-ethyl adjacent to an activating group) is 1. The highest BCUT2D eigenvalue weighted by molar-refractivity contribution is 5.75. The van der Waals surface area contributed by atoms with E-state index < -0.39 is 0 Å². The average molecular weight is 346 g/mol. The fraction of sp³-hybridized carbons (Fsp3) is 0.556. The average Bonchev–Trinajstić information content (AvgIpc) is 2.62. The van der Waals surface area contributed by atoms with Crippen molar-refractivity contribution in [2.45, 2.75) is 19.0 Å². The van der Waals surface area contributed by atoms with Crippen LogP contribution < -0.4 is 10.1 Å². The lowest BCUT2D eigenvalue weighted by Crippen LogP contribution is -2.55. The van der Waals surface area contributed by atoms with Gasteiger partial charge in [-0.1, -0.05) is 12.1 Å². The molecule has 2 amide bonds. The minimum atomic E-state index is -0.272. The Kier molecular flexibility index (Phi) is 7.04. The normalized spacial score (nSPS) is 19.1. The molecule has 1 aromatic rings. The molecule has 2 atom stereocenters. The molecule has 0 unspecified atom stereocenters. The Bertz CT molecular complexity index is 599. The third kappa shape index (κ3) is 5.08. The van der Waals surface area contributed by atoms with Crippen molar-refractivity contribution in [1.82, 2.24) is 15.1 Å². The molecule has 25 heavy (non-hydrogen) atoms. The van der Waals surface area contributed by atoms with Crippen LogP contribution in [0, 0.1) is 11.3 Å². The van der Waals surface area contributed by atoms with Gasteiger partial charge in [0.15, 0.2) is 0 Å². The number of hydrogen-bond acceptors (Lipinski definition) is 5. The topological polar surface area (TPSA) is 77.8 Å². The Labute approximate surface area is 149 Å². The Balaban J connectivity index is 2.03. The Morgan fingerprint density at radius 3 is 2.72 bits per heavy atom. The van der Waals surface area contributed by atoms with Gasteiger partial charge in [0, 0.05) is 20.2 Å².